The van der Waals surface area contributed by atoms with Crippen LogP contribution >= 0.6 is 0 Å². The van der Waals surface area contributed by atoms with E-state index in [0.717, 1.165) is 13.0 Å². The van der Waals surface area contributed by atoms with E-state index in [9.17, 15) is 4.39 Å². The summed E-state index contributed by atoms with van der Waals surface area (Å²) in [5.74, 6) is 0.565. The van der Waals surface area contributed by atoms with Crippen LogP contribution in [0, 0.1) is 18.7 Å². The fourth-order valence-corrected chi connectivity index (χ4v) is 3.19. The Morgan fingerprint density at radius 2 is 2.05 bits per heavy atom. The van der Waals surface area contributed by atoms with Crippen molar-refractivity contribution >= 4 is 0 Å². The summed E-state index contributed by atoms with van der Waals surface area (Å²) in [6.45, 7) is 5.40. The van der Waals surface area contributed by atoms with Gasteiger partial charge in [0.15, 0.2) is 0 Å². The summed E-state index contributed by atoms with van der Waals surface area (Å²) in [5, 5.41) is 3.68. The van der Waals surface area contributed by atoms with Gasteiger partial charge in [0.2, 0.25) is 0 Å². The molecular weight excluding hydrogens is 237 g/mol. The predicted octanol–water partition coefficient (Wildman–Crippen LogP) is 4.24. The van der Waals surface area contributed by atoms with E-state index in [1.165, 1.54) is 43.2 Å². The summed E-state index contributed by atoms with van der Waals surface area (Å²) in [7, 11) is 0. The Kier molecular flexibility index (Phi) is 5.38. The second-order valence-corrected chi connectivity index (χ2v) is 5.88. The van der Waals surface area contributed by atoms with E-state index in [4.69, 9.17) is 0 Å². The van der Waals surface area contributed by atoms with Crippen LogP contribution in [0.15, 0.2) is 18.2 Å². The number of hydrogen-bond donors (Lipinski definition) is 1. The molecule has 2 unspecified atom stereocenters. The molecule has 1 aliphatic carbocycles. The van der Waals surface area contributed by atoms with Gasteiger partial charge in [0.1, 0.15) is 5.82 Å². The van der Waals surface area contributed by atoms with Gasteiger partial charge in [-0.15, -0.1) is 0 Å². The SMILES string of the molecule is CCCNC1CCCCC1Cc1cc(F)ccc1C. The van der Waals surface area contributed by atoms with Crippen LogP contribution in [0.4, 0.5) is 4.39 Å². The Morgan fingerprint density at radius 3 is 2.84 bits per heavy atom. The fourth-order valence-electron chi connectivity index (χ4n) is 3.19. The fraction of sp³-hybridized carbons (Fsp3) is 0.647. The van der Waals surface area contributed by atoms with Gasteiger partial charge in [0, 0.05) is 6.04 Å². The standard InChI is InChI=1S/C17H26FN/c1-3-10-19-17-7-5-4-6-14(17)11-15-12-16(18)9-8-13(15)2/h8-9,12,14,17,19H,3-7,10-11H2,1-2H3. The highest BCUT2D eigenvalue weighted by atomic mass is 19.1. The van der Waals surface area contributed by atoms with Crippen molar-refractivity contribution in [1.29, 1.82) is 0 Å². The minimum atomic E-state index is -0.102. The molecule has 0 bridgehead atoms. The van der Waals surface area contributed by atoms with Crippen molar-refractivity contribution in [3.05, 3.63) is 35.1 Å². The third-order valence-electron chi connectivity index (χ3n) is 4.36. The Hall–Kier alpha value is -0.890. The predicted molar refractivity (Wildman–Crippen MR) is 78.9 cm³/mol. The van der Waals surface area contributed by atoms with E-state index >= 15 is 0 Å². The molecular formula is C17H26FN. The van der Waals surface area contributed by atoms with Crippen molar-refractivity contribution in [3.8, 4) is 0 Å². The maximum atomic E-state index is 13.4. The van der Waals surface area contributed by atoms with Gasteiger partial charge in [0.25, 0.3) is 0 Å². The van der Waals surface area contributed by atoms with Crippen molar-refractivity contribution in [3.63, 3.8) is 0 Å². The first kappa shape index (κ1) is 14.5. The Labute approximate surface area is 116 Å². The lowest BCUT2D eigenvalue weighted by Gasteiger charge is -2.33. The van der Waals surface area contributed by atoms with Crippen LogP contribution in [-0.2, 0) is 6.42 Å². The van der Waals surface area contributed by atoms with Crippen molar-refractivity contribution in [2.75, 3.05) is 6.54 Å². The molecule has 0 amide bonds. The van der Waals surface area contributed by atoms with Gasteiger partial charge in [-0.05, 0) is 68.3 Å². The van der Waals surface area contributed by atoms with E-state index in [1.54, 1.807) is 12.1 Å². The summed E-state index contributed by atoms with van der Waals surface area (Å²) in [4.78, 5) is 0. The smallest absolute Gasteiger partial charge is 0.123 e. The van der Waals surface area contributed by atoms with Gasteiger partial charge < -0.3 is 5.32 Å². The van der Waals surface area contributed by atoms with E-state index in [0.29, 0.717) is 12.0 Å². The van der Waals surface area contributed by atoms with Gasteiger partial charge >= 0.3 is 0 Å². The monoisotopic (exact) mass is 263 g/mol. The van der Waals surface area contributed by atoms with Crippen LogP contribution in [0.3, 0.4) is 0 Å². The first-order chi connectivity index (χ1) is 9.20. The molecule has 1 aliphatic rings. The summed E-state index contributed by atoms with van der Waals surface area (Å²) in [6, 6.07) is 5.81. The number of nitrogens with one attached hydrogen (secondary N) is 1. The summed E-state index contributed by atoms with van der Waals surface area (Å²) < 4.78 is 13.4. The highest BCUT2D eigenvalue weighted by Gasteiger charge is 2.25. The minimum absolute atomic E-state index is 0.102. The van der Waals surface area contributed by atoms with Crippen molar-refractivity contribution in [2.45, 2.75) is 58.4 Å². The lowest BCUT2D eigenvalue weighted by Crippen LogP contribution is -2.39. The van der Waals surface area contributed by atoms with Crippen LogP contribution < -0.4 is 5.32 Å². The number of rotatable bonds is 5. The molecule has 106 valence electrons. The highest BCUT2D eigenvalue weighted by Crippen LogP contribution is 2.28. The van der Waals surface area contributed by atoms with Crippen LogP contribution in [0.5, 0.6) is 0 Å². The normalized spacial score (nSPS) is 23.5. The van der Waals surface area contributed by atoms with Gasteiger partial charge in [-0.2, -0.15) is 0 Å². The van der Waals surface area contributed by atoms with Gasteiger partial charge in [-0.25, -0.2) is 4.39 Å². The number of hydrogen-bond acceptors (Lipinski definition) is 1. The zero-order valence-electron chi connectivity index (χ0n) is 12.2. The van der Waals surface area contributed by atoms with Gasteiger partial charge in [-0.1, -0.05) is 25.8 Å². The first-order valence-corrected chi connectivity index (χ1v) is 7.69. The average Bonchev–Trinajstić information content (AvgIpc) is 2.42. The summed E-state index contributed by atoms with van der Waals surface area (Å²) in [6.07, 6.45) is 7.41. The molecule has 2 heteroatoms. The van der Waals surface area contributed by atoms with Crippen molar-refractivity contribution in [1.82, 2.24) is 5.32 Å². The molecule has 0 spiro atoms. The Morgan fingerprint density at radius 1 is 1.26 bits per heavy atom. The molecule has 0 aliphatic heterocycles. The van der Waals surface area contributed by atoms with E-state index < -0.39 is 0 Å². The lowest BCUT2D eigenvalue weighted by atomic mass is 9.80. The Bertz CT molecular complexity index is 402. The maximum absolute atomic E-state index is 13.4. The quantitative estimate of drug-likeness (QED) is 0.838. The van der Waals surface area contributed by atoms with E-state index in [1.807, 2.05) is 6.07 Å². The number of benzene rings is 1. The zero-order chi connectivity index (χ0) is 13.7. The zero-order valence-corrected chi connectivity index (χ0v) is 12.2. The van der Waals surface area contributed by atoms with Crippen LogP contribution in [0.2, 0.25) is 0 Å². The topological polar surface area (TPSA) is 12.0 Å². The Balaban J connectivity index is 2.04. The molecule has 1 fully saturated rings. The molecule has 1 nitrogen and oxygen atoms in total. The van der Waals surface area contributed by atoms with Crippen molar-refractivity contribution in [2.24, 2.45) is 5.92 Å². The molecule has 0 aromatic heterocycles. The van der Waals surface area contributed by atoms with Crippen molar-refractivity contribution < 1.29 is 4.39 Å². The van der Waals surface area contributed by atoms with E-state index in [-0.39, 0.29) is 5.82 Å². The second-order valence-electron chi connectivity index (χ2n) is 5.88. The molecule has 0 heterocycles. The molecule has 1 aromatic rings. The largest absolute Gasteiger partial charge is 0.314 e. The molecule has 19 heavy (non-hydrogen) atoms. The molecule has 1 saturated carbocycles. The lowest BCUT2D eigenvalue weighted by molar-refractivity contribution is 0.261. The highest BCUT2D eigenvalue weighted by molar-refractivity contribution is 5.27. The molecule has 2 rings (SSSR count). The molecule has 0 radical (unpaired) electrons. The summed E-state index contributed by atoms with van der Waals surface area (Å²) >= 11 is 0. The third kappa shape index (κ3) is 4.04. The molecule has 0 saturated heterocycles. The van der Waals surface area contributed by atoms with Crippen LogP contribution in [0.1, 0.15) is 50.2 Å². The van der Waals surface area contributed by atoms with Crippen LogP contribution in [-0.4, -0.2) is 12.6 Å². The number of halogens is 1. The minimum Gasteiger partial charge on any atom is -0.314 e. The molecule has 2 atom stereocenters. The number of aryl methyl sites for hydroxylation is 1. The first-order valence-electron chi connectivity index (χ1n) is 7.69. The molecule has 1 aromatic carbocycles. The average molecular weight is 263 g/mol. The maximum Gasteiger partial charge on any atom is 0.123 e. The second kappa shape index (κ2) is 7.04. The summed E-state index contributed by atoms with van der Waals surface area (Å²) in [5.41, 5.74) is 2.41. The van der Waals surface area contributed by atoms with Gasteiger partial charge in [-0.3, -0.25) is 0 Å². The molecule has 1 N–H and O–H groups in total. The van der Waals surface area contributed by atoms with E-state index in [2.05, 4.69) is 19.2 Å². The van der Waals surface area contributed by atoms with Crippen LogP contribution in [0.25, 0.3) is 0 Å². The third-order valence-corrected chi connectivity index (χ3v) is 4.36. The van der Waals surface area contributed by atoms with Gasteiger partial charge in [0.05, 0.1) is 0 Å².